The molecule has 0 aliphatic rings. The normalized spacial score (nSPS) is 12.2. The molecule has 0 amide bonds. The second-order valence-electron chi connectivity index (χ2n) is 7.28. The molecule has 0 fully saturated rings. The molecule has 1 N–H and O–H groups in total. The summed E-state index contributed by atoms with van der Waals surface area (Å²) in [4.78, 5) is 0. The van der Waals surface area contributed by atoms with Gasteiger partial charge in [0, 0.05) is 5.56 Å². The van der Waals surface area contributed by atoms with Gasteiger partial charge < -0.3 is 14.6 Å². The van der Waals surface area contributed by atoms with Crippen molar-refractivity contribution in [3.05, 3.63) is 23.8 Å². The number of unbranched alkanes of at least 4 members (excludes halogenated alkanes) is 11. The number of ether oxygens (including phenoxy) is 2. The number of aliphatic hydroxyl groups excluding tert-OH is 1. The van der Waals surface area contributed by atoms with E-state index in [1.54, 1.807) is 14.2 Å². The minimum atomic E-state index is -0.483. The molecule has 1 rings (SSSR count). The lowest BCUT2D eigenvalue weighted by Gasteiger charge is -2.17. The minimum absolute atomic E-state index is 0.483. The predicted molar refractivity (Wildman–Crippen MR) is 110 cm³/mol. The molecule has 1 aromatic carbocycles. The van der Waals surface area contributed by atoms with E-state index in [1.807, 2.05) is 18.2 Å². The van der Waals surface area contributed by atoms with Gasteiger partial charge in [-0.3, -0.25) is 0 Å². The summed E-state index contributed by atoms with van der Waals surface area (Å²) < 4.78 is 10.7. The largest absolute Gasteiger partial charge is 0.493 e. The zero-order valence-corrected chi connectivity index (χ0v) is 17.3. The van der Waals surface area contributed by atoms with Crippen molar-refractivity contribution in [2.24, 2.45) is 0 Å². The van der Waals surface area contributed by atoms with Gasteiger partial charge in [-0.25, -0.2) is 0 Å². The highest BCUT2D eigenvalue weighted by Gasteiger charge is 2.16. The number of rotatable bonds is 16. The van der Waals surface area contributed by atoms with Crippen molar-refractivity contribution in [1.29, 1.82) is 0 Å². The summed E-state index contributed by atoms with van der Waals surface area (Å²) in [6, 6.07) is 5.69. The monoisotopic (exact) mass is 364 g/mol. The van der Waals surface area contributed by atoms with E-state index in [2.05, 4.69) is 6.92 Å². The van der Waals surface area contributed by atoms with Crippen LogP contribution in [0.15, 0.2) is 18.2 Å². The van der Waals surface area contributed by atoms with Crippen molar-refractivity contribution < 1.29 is 14.6 Å². The Kier molecular flexibility index (Phi) is 13.1. The second-order valence-corrected chi connectivity index (χ2v) is 7.28. The van der Waals surface area contributed by atoms with Gasteiger partial charge in [0.2, 0.25) is 0 Å². The Bertz CT molecular complexity index is 459. The Labute approximate surface area is 161 Å². The van der Waals surface area contributed by atoms with Crippen molar-refractivity contribution in [1.82, 2.24) is 0 Å². The Morgan fingerprint density at radius 1 is 0.769 bits per heavy atom. The molecule has 0 saturated carbocycles. The molecule has 3 nitrogen and oxygen atoms in total. The van der Waals surface area contributed by atoms with Crippen molar-refractivity contribution in [3.8, 4) is 11.5 Å². The summed E-state index contributed by atoms with van der Waals surface area (Å²) in [5.41, 5.74) is 0.829. The number of methoxy groups -OCH3 is 2. The van der Waals surface area contributed by atoms with E-state index in [-0.39, 0.29) is 0 Å². The Morgan fingerprint density at radius 2 is 1.31 bits per heavy atom. The van der Waals surface area contributed by atoms with E-state index in [9.17, 15) is 5.11 Å². The summed E-state index contributed by atoms with van der Waals surface area (Å²) in [6.45, 7) is 2.27. The molecule has 1 unspecified atom stereocenters. The molecule has 150 valence electrons. The van der Waals surface area contributed by atoms with E-state index in [0.29, 0.717) is 11.5 Å². The molecule has 3 heteroatoms. The maximum Gasteiger partial charge on any atom is 0.166 e. The molecule has 0 spiro atoms. The van der Waals surface area contributed by atoms with Gasteiger partial charge in [0.05, 0.1) is 20.3 Å². The molecule has 1 aromatic rings. The first-order chi connectivity index (χ1) is 12.7. The third-order valence-electron chi connectivity index (χ3n) is 5.12. The number of hydrogen-bond acceptors (Lipinski definition) is 3. The van der Waals surface area contributed by atoms with Crippen LogP contribution in [0.5, 0.6) is 11.5 Å². The molecule has 26 heavy (non-hydrogen) atoms. The van der Waals surface area contributed by atoms with Crippen molar-refractivity contribution in [2.45, 2.75) is 96.5 Å². The van der Waals surface area contributed by atoms with Crippen LogP contribution in [0.1, 0.15) is 102 Å². The SMILES string of the molecule is CCCCCCCCCCCCCCC(O)c1cccc(OC)c1OC. The van der Waals surface area contributed by atoms with Gasteiger partial charge in [-0.2, -0.15) is 0 Å². The fourth-order valence-electron chi connectivity index (χ4n) is 3.51. The maximum absolute atomic E-state index is 10.5. The molecular formula is C23H40O3. The van der Waals surface area contributed by atoms with E-state index in [1.165, 1.54) is 70.6 Å². The van der Waals surface area contributed by atoms with Gasteiger partial charge in [-0.05, 0) is 12.5 Å². The van der Waals surface area contributed by atoms with Crippen LogP contribution in [0.4, 0.5) is 0 Å². The van der Waals surface area contributed by atoms with E-state index >= 15 is 0 Å². The Morgan fingerprint density at radius 3 is 1.81 bits per heavy atom. The van der Waals surface area contributed by atoms with Crippen LogP contribution in [-0.2, 0) is 0 Å². The molecule has 1 atom stereocenters. The summed E-state index contributed by atoms with van der Waals surface area (Å²) in [5.74, 6) is 1.33. The van der Waals surface area contributed by atoms with Crippen LogP contribution < -0.4 is 9.47 Å². The molecule has 0 aromatic heterocycles. The predicted octanol–water partition coefficient (Wildman–Crippen LogP) is 6.83. The molecule has 0 radical (unpaired) electrons. The topological polar surface area (TPSA) is 38.7 Å². The first kappa shape index (κ1) is 22.8. The summed E-state index contributed by atoms with van der Waals surface area (Å²) in [5, 5.41) is 10.5. The van der Waals surface area contributed by atoms with E-state index in [0.717, 1.165) is 18.4 Å². The van der Waals surface area contributed by atoms with Gasteiger partial charge in [0.25, 0.3) is 0 Å². The number of para-hydroxylation sites is 1. The van der Waals surface area contributed by atoms with Gasteiger partial charge in [-0.15, -0.1) is 0 Å². The first-order valence-electron chi connectivity index (χ1n) is 10.6. The van der Waals surface area contributed by atoms with Crippen LogP contribution >= 0.6 is 0 Å². The quantitative estimate of drug-likeness (QED) is 0.327. The molecule has 0 heterocycles. The summed E-state index contributed by atoms with van der Waals surface area (Å²) in [6.07, 6.45) is 16.3. The third kappa shape index (κ3) is 8.93. The average Bonchev–Trinajstić information content (AvgIpc) is 2.67. The average molecular weight is 365 g/mol. The van der Waals surface area contributed by atoms with Crippen LogP contribution in [-0.4, -0.2) is 19.3 Å². The standard InChI is InChI=1S/C23H40O3/c1-4-5-6-7-8-9-10-11-12-13-14-15-18-21(24)20-17-16-19-22(25-2)23(20)26-3/h16-17,19,21,24H,4-15,18H2,1-3H3. The van der Waals surface area contributed by atoms with Crippen LogP contribution in [0, 0.1) is 0 Å². The van der Waals surface area contributed by atoms with Crippen molar-refractivity contribution in [3.63, 3.8) is 0 Å². The number of benzene rings is 1. The van der Waals surface area contributed by atoms with Crippen molar-refractivity contribution in [2.75, 3.05) is 14.2 Å². The minimum Gasteiger partial charge on any atom is -0.493 e. The number of hydrogen-bond donors (Lipinski definition) is 1. The van der Waals surface area contributed by atoms with Gasteiger partial charge in [-0.1, -0.05) is 96.1 Å². The Balaban J connectivity index is 2.09. The van der Waals surface area contributed by atoms with Crippen LogP contribution in [0.3, 0.4) is 0 Å². The lowest BCUT2D eigenvalue weighted by atomic mass is 10.0. The fraction of sp³-hybridized carbons (Fsp3) is 0.739. The van der Waals surface area contributed by atoms with Crippen molar-refractivity contribution >= 4 is 0 Å². The zero-order chi connectivity index (χ0) is 19.0. The first-order valence-corrected chi connectivity index (χ1v) is 10.6. The van der Waals surface area contributed by atoms with Gasteiger partial charge >= 0.3 is 0 Å². The van der Waals surface area contributed by atoms with Gasteiger partial charge in [0.15, 0.2) is 11.5 Å². The molecule has 0 bridgehead atoms. The van der Waals surface area contributed by atoms with Crippen LogP contribution in [0.2, 0.25) is 0 Å². The lowest BCUT2D eigenvalue weighted by Crippen LogP contribution is -2.02. The summed E-state index contributed by atoms with van der Waals surface area (Å²) in [7, 11) is 3.25. The number of aliphatic hydroxyl groups is 1. The smallest absolute Gasteiger partial charge is 0.166 e. The molecule has 0 aliphatic heterocycles. The molecule has 0 aliphatic carbocycles. The zero-order valence-electron chi connectivity index (χ0n) is 17.3. The molecule has 0 saturated heterocycles. The van der Waals surface area contributed by atoms with Crippen LogP contribution in [0.25, 0.3) is 0 Å². The highest BCUT2D eigenvalue weighted by Crippen LogP contribution is 2.36. The lowest BCUT2D eigenvalue weighted by molar-refractivity contribution is 0.158. The van der Waals surface area contributed by atoms with E-state index in [4.69, 9.17) is 9.47 Å². The van der Waals surface area contributed by atoms with E-state index < -0.39 is 6.10 Å². The maximum atomic E-state index is 10.5. The molecular weight excluding hydrogens is 324 g/mol. The second kappa shape index (κ2) is 14.9. The third-order valence-corrected chi connectivity index (χ3v) is 5.12. The highest BCUT2D eigenvalue weighted by atomic mass is 16.5. The Hall–Kier alpha value is -1.22. The van der Waals surface area contributed by atoms with Gasteiger partial charge in [0.1, 0.15) is 0 Å². The highest BCUT2D eigenvalue weighted by molar-refractivity contribution is 5.47. The summed E-state index contributed by atoms with van der Waals surface area (Å²) >= 11 is 0. The fourth-order valence-corrected chi connectivity index (χ4v) is 3.51.